The van der Waals surface area contributed by atoms with Crippen LogP contribution in [0.1, 0.15) is 35.6 Å². The molecule has 0 bridgehead atoms. The van der Waals surface area contributed by atoms with Crippen LogP contribution in [0.3, 0.4) is 0 Å². The number of sulfonamides is 1. The fourth-order valence-corrected chi connectivity index (χ4v) is 3.89. The molecule has 2 rings (SSSR count). The number of hydrogen-bond acceptors (Lipinski definition) is 4. The fourth-order valence-electron chi connectivity index (χ4n) is 1.57. The maximum Gasteiger partial charge on any atom is 0.214 e. The first kappa shape index (κ1) is 13.0. The normalized spacial score (nSPS) is 18.2. The Morgan fingerprint density at radius 2 is 2.24 bits per heavy atom. The Morgan fingerprint density at radius 3 is 2.76 bits per heavy atom. The van der Waals surface area contributed by atoms with Gasteiger partial charge < -0.3 is 5.11 Å². The maximum atomic E-state index is 11.5. The predicted octanol–water partition coefficient (Wildman–Crippen LogP) is 1.43. The van der Waals surface area contributed by atoms with Gasteiger partial charge in [0.2, 0.25) is 10.0 Å². The fraction of sp³-hybridized carbons (Fsp3) is 0.636. The molecule has 0 spiro atoms. The summed E-state index contributed by atoms with van der Waals surface area (Å²) in [6.07, 6.45) is 1.82. The molecule has 0 saturated heterocycles. The van der Waals surface area contributed by atoms with E-state index in [4.69, 9.17) is 0 Å². The number of thiophene rings is 1. The van der Waals surface area contributed by atoms with E-state index in [0.717, 1.165) is 22.6 Å². The first-order valence-corrected chi connectivity index (χ1v) is 8.10. The Kier molecular flexibility index (Phi) is 3.87. The van der Waals surface area contributed by atoms with E-state index in [1.165, 1.54) is 11.3 Å². The van der Waals surface area contributed by atoms with Crippen LogP contribution in [0, 0.1) is 0 Å². The third-order valence-corrected chi connectivity index (χ3v) is 6.00. The molecular formula is C11H17NO3S2. The monoisotopic (exact) mass is 275 g/mol. The highest BCUT2D eigenvalue weighted by Crippen LogP contribution is 2.27. The molecule has 96 valence electrons. The van der Waals surface area contributed by atoms with E-state index in [1.54, 1.807) is 6.92 Å². The van der Waals surface area contributed by atoms with Gasteiger partial charge in [0.1, 0.15) is 0 Å². The van der Waals surface area contributed by atoms with Crippen LogP contribution >= 0.6 is 11.3 Å². The minimum Gasteiger partial charge on any atom is -0.388 e. The molecule has 0 aromatic carbocycles. The van der Waals surface area contributed by atoms with Gasteiger partial charge in [-0.3, -0.25) is 0 Å². The first-order valence-electron chi connectivity index (χ1n) is 5.74. The van der Waals surface area contributed by atoms with E-state index in [2.05, 4.69) is 4.72 Å². The maximum absolute atomic E-state index is 11.5. The molecule has 1 heterocycles. The van der Waals surface area contributed by atoms with Crippen molar-refractivity contribution in [2.45, 2.75) is 37.5 Å². The summed E-state index contributed by atoms with van der Waals surface area (Å²) < 4.78 is 25.7. The minimum absolute atomic E-state index is 0.154. The van der Waals surface area contributed by atoms with Gasteiger partial charge in [0.05, 0.1) is 11.4 Å². The van der Waals surface area contributed by atoms with Crippen molar-refractivity contribution in [3.63, 3.8) is 0 Å². The lowest BCUT2D eigenvalue weighted by molar-refractivity contribution is 0.203. The summed E-state index contributed by atoms with van der Waals surface area (Å²) in [6.45, 7) is 2.17. The van der Waals surface area contributed by atoms with Crippen LogP contribution in [0.25, 0.3) is 0 Å². The summed E-state index contributed by atoms with van der Waals surface area (Å²) in [5.74, 6) is 0. The van der Waals surface area contributed by atoms with E-state index in [1.807, 2.05) is 12.1 Å². The zero-order valence-electron chi connectivity index (χ0n) is 9.72. The van der Waals surface area contributed by atoms with E-state index < -0.39 is 16.1 Å². The molecular weight excluding hydrogens is 258 g/mol. The average Bonchev–Trinajstić information content (AvgIpc) is 3.00. The number of hydrogen-bond donors (Lipinski definition) is 2. The SMILES string of the molecule is C[C@H](O)c1ccc(CCNS(=O)(=O)C2CC2)s1. The molecule has 1 saturated carbocycles. The second-order valence-corrected chi connectivity index (χ2v) is 7.61. The lowest BCUT2D eigenvalue weighted by atomic mass is 10.3. The average molecular weight is 275 g/mol. The largest absolute Gasteiger partial charge is 0.388 e. The third kappa shape index (κ3) is 3.51. The molecule has 4 nitrogen and oxygen atoms in total. The smallest absolute Gasteiger partial charge is 0.214 e. The first-order chi connectivity index (χ1) is 7.99. The van der Waals surface area contributed by atoms with Crippen molar-refractivity contribution >= 4 is 21.4 Å². The van der Waals surface area contributed by atoms with Crippen molar-refractivity contribution < 1.29 is 13.5 Å². The molecule has 0 amide bonds. The molecule has 1 atom stereocenters. The third-order valence-electron chi connectivity index (χ3n) is 2.73. The van der Waals surface area contributed by atoms with Gasteiger partial charge in [0.15, 0.2) is 0 Å². The molecule has 1 aliphatic carbocycles. The Balaban J connectivity index is 1.81. The van der Waals surface area contributed by atoms with Crippen LogP contribution in [-0.4, -0.2) is 25.3 Å². The van der Waals surface area contributed by atoms with Crippen LogP contribution in [0.4, 0.5) is 0 Å². The van der Waals surface area contributed by atoms with Crippen LogP contribution in [0.5, 0.6) is 0 Å². The second-order valence-electron chi connectivity index (χ2n) is 4.37. The second kappa shape index (κ2) is 5.06. The van der Waals surface area contributed by atoms with Gasteiger partial charge in [-0.2, -0.15) is 0 Å². The summed E-state index contributed by atoms with van der Waals surface area (Å²) >= 11 is 1.53. The summed E-state index contributed by atoms with van der Waals surface area (Å²) in [5, 5.41) is 9.22. The standard InChI is InChI=1S/C11H17NO3S2/c1-8(13)11-5-2-9(16-11)6-7-12-17(14,15)10-3-4-10/h2,5,8,10,12-13H,3-4,6-7H2,1H3/t8-/m0/s1. The lowest BCUT2D eigenvalue weighted by Crippen LogP contribution is -2.28. The van der Waals surface area contributed by atoms with Gasteiger partial charge in [-0.05, 0) is 38.3 Å². The van der Waals surface area contributed by atoms with Crippen molar-refractivity contribution in [3.8, 4) is 0 Å². The number of aliphatic hydroxyl groups is 1. The summed E-state index contributed by atoms with van der Waals surface area (Å²) in [7, 11) is -3.06. The lowest BCUT2D eigenvalue weighted by Gasteiger charge is -2.03. The predicted molar refractivity (Wildman–Crippen MR) is 68.6 cm³/mol. The van der Waals surface area contributed by atoms with Gasteiger partial charge in [-0.15, -0.1) is 11.3 Å². The highest BCUT2D eigenvalue weighted by molar-refractivity contribution is 7.90. The number of rotatable bonds is 6. The van der Waals surface area contributed by atoms with Crippen molar-refractivity contribution in [1.82, 2.24) is 4.72 Å². The van der Waals surface area contributed by atoms with Gasteiger partial charge in [-0.25, -0.2) is 13.1 Å². The quantitative estimate of drug-likeness (QED) is 0.825. The molecule has 1 aliphatic rings. The van der Waals surface area contributed by atoms with Gasteiger partial charge in [-0.1, -0.05) is 0 Å². The van der Waals surface area contributed by atoms with E-state index in [0.29, 0.717) is 13.0 Å². The van der Waals surface area contributed by atoms with Crippen LogP contribution in [-0.2, 0) is 16.4 Å². The molecule has 1 fully saturated rings. The Labute approximate surface area is 106 Å². The molecule has 0 unspecified atom stereocenters. The van der Waals surface area contributed by atoms with Crippen LogP contribution in [0.15, 0.2) is 12.1 Å². The molecule has 6 heteroatoms. The van der Waals surface area contributed by atoms with Crippen molar-refractivity contribution in [3.05, 3.63) is 21.9 Å². The molecule has 0 aliphatic heterocycles. The van der Waals surface area contributed by atoms with Crippen LogP contribution < -0.4 is 4.72 Å². The van der Waals surface area contributed by atoms with Gasteiger partial charge >= 0.3 is 0 Å². The van der Waals surface area contributed by atoms with E-state index >= 15 is 0 Å². The zero-order valence-corrected chi connectivity index (χ0v) is 11.4. The molecule has 17 heavy (non-hydrogen) atoms. The summed E-state index contributed by atoms with van der Waals surface area (Å²) in [5.41, 5.74) is 0. The molecule has 1 aromatic rings. The van der Waals surface area contributed by atoms with Crippen molar-refractivity contribution in [1.29, 1.82) is 0 Å². The van der Waals surface area contributed by atoms with Crippen molar-refractivity contribution in [2.75, 3.05) is 6.54 Å². The summed E-state index contributed by atoms with van der Waals surface area (Å²) in [4.78, 5) is 2.02. The minimum atomic E-state index is -3.06. The highest BCUT2D eigenvalue weighted by Gasteiger charge is 2.35. The molecule has 2 N–H and O–H groups in total. The molecule has 0 radical (unpaired) electrons. The van der Waals surface area contributed by atoms with Crippen molar-refractivity contribution in [2.24, 2.45) is 0 Å². The Bertz CT molecular complexity index is 475. The Morgan fingerprint density at radius 1 is 1.53 bits per heavy atom. The topological polar surface area (TPSA) is 66.4 Å². The number of aliphatic hydroxyl groups excluding tert-OH is 1. The van der Waals surface area contributed by atoms with E-state index in [-0.39, 0.29) is 5.25 Å². The van der Waals surface area contributed by atoms with E-state index in [9.17, 15) is 13.5 Å². The number of nitrogens with one attached hydrogen (secondary N) is 1. The zero-order chi connectivity index (χ0) is 12.5. The summed E-state index contributed by atoms with van der Waals surface area (Å²) in [6, 6.07) is 3.83. The molecule has 1 aromatic heterocycles. The van der Waals surface area contributed by atoms with Gasteiger partial charge in [0.25, 0.3) is 0 Å². The van der Waals surface area contributed by atoms with Crippen LogP contribution in [0.2, 0.25) is 0 Å². The van der Waals surface area contributed by atoms with Gasteiger partial charge in [0, 0.05) is 16.3 Å². The highest BCUT2D eigenvalue weighted by atomic mass is 32.2. The Hall–Kier alpha value is -0.430.